The van der Waals surface area contributed by atoms with Gasteiger partial charge in [-0.2, -0.15) is 0 Å². The lowest BCUT2D eigenvalue weighted by Crippen LogP contribution is -2.33. The van der Waals surface area contributed by atoms with Crippen LogP contribution in [-0.4, -0.2) is 53.0 Å². The number of Topliss-reactive ketones (excluding diaryl/α,β-unsaturated/α-hetero) is 1. The number of ketones is 1. The third-order valence-corrected chi connectivity index (χ3v) is 3.68. The van der Waals surface area contributed by atoms with Crippen molar-refractivity contribution in [1.29, 1.82) is 0 Å². The number of carboxylic acid groups (broad SMARTS) is 2. The Labute approximate surface area is 135 Å². The van der Waals surface area contributed by atoms with Gasteiger partial charge in [0.1, 0.15) is 0 Å². The smallest absolute Gasteiger partial charge is 0.304 e. The van der Waals surface area contributed by atoms with Crippen molar-refractivity contribution in [2.45, 2.75) is 26.7 Å². The highest BCUT2D eigenvalue weighted by Gasteiger charge is 2.25. The van der Waals surface area contributed by atoms with Crippen LogP contribution in [0.25, 0.3) is 0 Å². The van der Waals surface area contributed by atoms with Crippen LogP contribution >= 0.6 is 0 Å². The van der Waals surface area contributed by atoms with Gasteiger partial charge in [0.2, 0.25) is 0 Å². The van der Waals surface area contributed by atoms with E-state index in [1.165, 1.54) is 0 Å². The molecule has 1 aromatic carbocycles. The summed E-state index contributed by atoms with van der Waals surface area (Å²) in [4.78, 5) is 36.0. The van der Waals surface area contributed by atoms with E-state index in [0.29, 0.717) is 5.56 Å². The van der Waals surface area contributed by atoms with Crippen LogP contribution in [0.5, 0.6) is 0 Å². The molecule has 0 amide bonds. The molecule has 1 aromatic rings. The minimum absolute atomic E-state index is 0.0476. The van der Waals surface area contributed by atoms with Gasteiger partial charge in [-0.3, -0.25) is 14.4 Å². The van der Waals surface area contributed by atoms with Crippen LogP contribution in [-0.2, 0) is 9.59 Å². The molecule has 1 unspecified atom stereocenters. The molecule has 0 radical (unpaired) electrons. The van der Waals surface area contributed by atoms with E-state index in [2.05, 4.69) is 0 Å². The van der Waals surface area contributed by atoms with Gasteiger partial charge in [0.25, 0.3) is 0 Å². The molecule has 0 fully saturated rings. The van der Waals surface area contributed by atoms with Gasteiger partial charge in [-0.1, -0.05) is 23.8 Å². The zero-order chi connectivity index (χ0) is 17.6. The predicted molar refractivity (Wildman–Crippen MR) is 85.7 cm³/mol. The Bertz CT molecular complexity index is 597. The van der Waals surface area contributed by atoms with Crippen molar-refractivity contribution in [2.24, 2.45) is 5.92 Å². The molecule has 0 heterocycles. The van der Waals surface area contributed by atoms with Crippen molar-refractivity contribution in [3.05, 3.63) is 34.9 Å². The molecule has 0 aliphatic heterocycles. The Hall–Kier alpha value is -2.21. The van der Waals surface area contributed by atoms with Crippen LogP contribution in [0.2, 0.25) is 0 Å². The van der Waals surface area contributed by atoms with Gasteiger partial charge in [0.15, 0.2) is 5.78 Å². The lowest BCUT2D eigenvalue weighted by atomic mass is 9.91. The van der Waals surface area contributed by atoms with E-state index >= 15 is 0 Å². The number of aliphatic carboxylic acids is 2. The maximum absolute atomic E-state index is 12.7. The molecule has 1 atom stereocenters. The summed E-state index contributed by atoms with van der Waals surface area (Å²) < 4.78 is 0. The van der Waals surface area contributed by atoms with Gasteiger partial charge in [-0.15, -0.1) is 0 Å². The summed E-state index contributed by atoms with van der Waals surface area (Å²) in [6.07, 6.45) is -0.322. The van der Waals surface area contributed by atoms with Crippen LogP contribution in [0.3, 0.4) is 0 Å². The summed E-state index contributed by atoms with van der Waals surface area (Å²) in [5, 5.41) is 17.8. The highest BCUT2D eigenvalue weighted by Crippen LogP contribution is 2.18. The third kappa shape index (κ3) is 6.20. The fraction of sp³-hybridized carbons (Fsp3) is 0.471. The zero-order valence-electron chi connectivity index (χ0n) is 13.7. The molecule has 0 saturated heterocycles. The second-order valence-corrected chi connectivity index (χ2v) is 5.88. The molecule has 0 bridgehead atoms. The first-order valence-electron chi connectivity index (χ1n) is 7.44. The Kier molecular flexibility index (Phi) is 6.90. The molecule has 1 rings (SSSR count). The second kappa shape index (κ2) is 8.43. The Balaban J connectivity index is 2.89. The van der Waals surface area contributed by atoms with Crippen molar-refractivity contribution in [1.82, 2.24) is 4.90 Å². The third-order valence-electron chi connectivity index (χ3n) is 3.68. The SMILES string of the molecule is Cc1ccc(C(=O)C(CC(=O)O)CN(C)CCC(=O)O)c(C)c1. The largest absolute Gasteiger partial charge is 0.481 e. The first-order chi connectivity index (χ1) is 10.7. The van der Waals surface area contributed by atoms with Gasteiger partial charge in [-0.25, -0.2) is 0 Å². The van der Waals surface area contributed by atoms with Crippen molar-refractivity contribution in [3.8, 4) is 0 Å². The lowest BCUT2D eigenvalue weighted by molar-refractivity contribution is -0.139. The number of rotatable bonds is 9. The summed E-state index contributed by atoms with van der Waals surface area (Å²) in [6.45, 7) is 4.24. The maximum Gasteiger partial charge on any atom is 0.304 e. The molecule has 0 aromatic heterocycles. The number of hydrogen-bond acceptors (Lipinski definition) is 4. The Morgan fingerprint density at radius 2 is 1.78 bits per heavy atom. The molecule has 23 heavy (non-hydrogen) atoms. The van der Waals surface area contributed by atoms with Crippen molar-refractivity contribution >= 4 is 17.7 Å². The van der Waals surface area contributed by atoms with Crippen LogP contribution in [0, 0.1) is 19.8 Å². The zero-order valence-corrected chi connectivity index (χ0v) is 13.7. The van der Waals surface area contributed by atoms with E-state index < -0.39 is 17.9 Å². The Morgan fingerprint density at radius 3 is 2.30 bits per heavy atom. The average Bonchev–Trinajstić information content (AvgIpc) is 2.43. The standard InChI is InChI=1S/C17H23NO5/c1-11-4-5-14(12(2)8-11)17(23)13(9-16(21)22)10-18(3)7-6-15(19)20/h4-5,8,13H,6-7,9-10H2,1-3H3,(H,19,20)(H,21,22). The average molecular weight is 321 g/mol. The highest BCUT2D eigenvalue weighted by molar-refractivity contribution is 6.00. The topological polar surface area (TPSA) is 94.9 Å². The fourth-order valence-electron chi connectivity index (χ4n) is 2.51. The van der Waals surface area contributed by atoms with E-state index in [0.717, 1.165) is 11.1 Å². The van der Waals surface area contributed by atoms with Crippen LogP contribution in [0.15, 0.2) is 18.2 Å². The molecule has 0 spiro atoms. The molecule has 6 nitrogen and oxygen atoms in total. The van der Waals surface area contributed by atoms with Gasteiger partial charge in [-0.05, 0) is 26.5 Å². The van der Waals surface area contributed by atoms with Gasteiger partial charge in [0, 0.05) is 24.6 Å². The highest BCUT2D eigenvalue weighted by atomic mass is 16.4. The summed E-state index contributed by atoms with van der Waals surface area (Å²) >= 11 is 0. The summed E-state index contributed by atoms with van der Waals surface area (Å²) in [5.41, 5.74) is 2.37. The summed E-state index contributed by atoms with van der Waals surface area (Å²) in [6, 6.07) is 5.44. The minimum Gasteiger partial charge on any atom is -0.481 e. The summed E-state index contributed by atoms with van der Waals surface area (Å²) in [5.74, 6) is -2.88. The first kappa shape index (κ1) is 18.8. The maximum atomic E-state index is 12.7. The molecular formula is C17H23NO5. The molecule has 2 N–H and O–H groups in total. The molecule has 0 saturated carbocycles. The molecule has 126 valence electrons. The number of carbonyl (C=O) groups is 3. The Morgan fingerprint density at radius 1 is 1.13 bits per heavy atom. The second-order valence-electron chi connectivity index (χ2n) is 5.88. The lowest BCUT2D eigenvalue weighted by Gasteiger charge is -2.22. The number of carboxylic acids is 2. The van der Waals surface area contributed by atoms with Crippen molar-refractivity contribution in [2.75, 3.05) is 20.1 Å². The van der Waals surface area contributed by atoms with Crippen molar-refractivity contribution < 1.29 is 24.6 Å². The fourth-order valence-corrected chi connectivity index (χ4v) is 2.51. The van der Waals surface area contributed by atoms with Crippen LogP contribution in [0.1, 0.15) is 34.3 Å². The number of nitrogens with zero attached hydrogens (tertiary/aromatic N) is 1. The minimum atomic E-state index is -1.04. The normalized spacial score (nSPS) is 12.2. The van der Waals surface area contributed by atoms with Crippen LogP contribution < -0.4 is 0 Å². The van der Waals surface area contributed by atoms with E-state index in [1.54, 1.807) is 18.0 Å². The molecule has 0 aliphatic carbocycles. The van der Waals surface area contributed by atoms with Gasteiger partial charge >= 0.3 is 11.9 Å². The number of hydrogen-bond donors (Lipinski definition) is 2. The van der Waals surface area contributed by atoms with E-state index in [9.17, 15) is 14.4 Å². The molecule has 6 heteroatoms. The van der Waals surface area contributed by atoms with E-state index in [1.807, 2.05) is 26.0 Å². The van der Waals surface area contributed by atoms with Gasteiger partial charge < -0.3 is 15.1 Å². The predicted octanol–water partition coefficient (Wildman–Crippen LogP) is 1.98. The van der Waals surface area contributed by atoms with E-state index in [-0.39, 0.29) is 31.7 Å². The van der Waals surface area contributed by atoms with Crippen LogP contribution in [0.4, 0.5) is 0 Å². The van der Waals surface area contributed by atoms with Gasteiger partial charge in [0.05, 0.1) is 12.8 Å². The number of carbonyl (C=O) groups excluding carboxylic acids is 1. The summed E-state index contributed by atoms with van der Waals surface area (Å²) in [7, 11) is 1.69. The molecule has 0 aliphatic rings. The monoisotopic (exact) mass is 321 g/mol. The quantitative estimate of drug-likeness (QED) is 0.675. The number of benzene rings is 1. The molecular weight excluding hydrogens is 298 g/mol. The first-order valence-corrected chi connectivity index (χ1v) is 7.44. The van der Waals surface area contributed by atoms with Crippen molar-refractivity contribution in [3.63, 3.8) is 0 Å². The number of aryl methyl sites for hydroxylation is 2. The van der Waals surface area contributed by atoms with E-state index in [4.69, 9.17) is 10.2 Å².